The van der Waals surface area contributed by atoms with Crippen molar-refractivity contribution in [3.63, 3.8) is 0 Å². The standard InChI is InChI=1S/C19H21N3/c1-3-15-7-5-9-17(13-11-15)21-19(20)22-18-10-6-8-16(4-2)12-14-18/h3-6,9-14H,1-2,7-8H2,(H3,20,21,22). The van der Waals surface area contributed by atoms with Gasteiger partial charge in [0.05, 0.1) is 0 Å². The van der Waals surface area contributed by atoms with Crippen molar-refractivity contribution in [3.8, 4) is 0 Å². The van der Waals surface area contributed by atoms with Crippen molar-refractivity contribution >= 4 is 5.96 Å². The molecule has 0 saturated carbocycles. The molecule has 2 aliphatic rings. The Morgan fingerprint density at radius 2 is 1.32 bits per heavy atom. The highest BCUT2D eigenvalue weighted by atomic mass is 15.1. The van der Waals surface area contributed by atoms with Crippen molar-refractivity contribution in [2.75, 3.05) is 0 Å². The van der Waals surface area contributed by atoms with Crippen molar-refractivity contribution in [2.24, 2.45) is 0 Å². The highest BCUT2D eigenvalue weighted by Crippen LogP contribution is 2.11. The first-order chi connectivity index (χ1) is 10.7. The zero-order valence-electron chi connectivity index (χ0n) is 12.6. The molecule has 0 aromatic carbocycles. The van der Waals surface area contributed by atoms with E-state index in [0.717, 1.165) is 35.4 Å². The molecule has 0 unspecified atom stereocenters. The average molecular weight is 291 g/mol. The van der Waals surface area contributed by atoms with Crippen LogP contribution < -0.4 is 10.6 Å². The molecule has 0 radical (unpaired) electrons. The summed E-state index contributed by atoms with van der Waals surface area (Å²) in [6.07, 6.45) is 21.4. The molecule has 0 spiro atoms. The molecule has 3 heteroatoms. The lowest BCUT2D eigenvalue weighted by atomic mass is 10.2. The van der Waals surface area contributed by atoms with Crippen LogP contribution in [0.3, 0.4) is 0 Å². The molecule has 0 bridgehead atoms. The summed E-state index contributed by atoms with van der Waals surface area (Å²) in [4.78, 5) is 0. The fraction of sp³-hybridized carbons (Fsp3) is 0.105. The smallest absolute Gasteiger partial charge is 0.197 e. The largest absolute Gasteiger partial charge is 0.326 e. The molecule has 2 rings (SSSR count). The van der Waals surface area contributed by atoms with Gasteiger partial charge in [-0.1, -0.05) is 49.6 Å². The Labute approximate surface area is 132 Å². The van der Waals surface area contributed by atoms with E-state index in [9.17, 15) is 0 Å². The Kier molecular flexibility index (Phi) is 5.55. The van der Waals surface area contributed by atoms with Gasteiger partial charge in [-0.3, -0.25) is 5.41 Å². The van der Waals surface area contributed by atoms with Gasteiger partial charge >= 0.3 is 0 Å². The van der Waals surface area contributed by atoms with Gasteiger partial charge in [-0.2, -0.15) is 0 Å². The van der Waals surface area contributed by atoms with Crippen LogP contribution in [0.25, 0.3) is 0 Å². The number of hydrogen-bond donors (Lipinski definition) is 3. The summed E-state index contributed by atoms with van der Waals surface area (Å²) in [7, 11) is 0. The molecule has 0 amide bonds. The van der Waals surface area contributed by atoms with Gasteiger partial charge in [-0.15, -0.1) is 0 Å². The van der Waals surface area contributed by atoms with Gasteiger partial charge in [0, 0.05) is 11.4 Å². The van der Waals surface area contributed by atoms with Crippen LogP contribution in [0.1, 0.15) is 12.8 Å². The number of rotatable bonds is 4. The minimum absolute atomic E-state index is 0.234. The molecule has 0 heterocycles. The van der Waals surface area contributed by atoms with Gasteiger partial charge < -0.3 is 10.6 Å². The van der Waals surface area contributed by atoms with E-state index in [0.29, 0.717) is 0 Å². The van der Waals surface area contributed by atoms with E-state index in [4.69, 9.17) is 5.41 Å². The monoisotopic (exact) mass is 291 g/mol. The van der Waals surface area contributed by atoms with E-state index in [1.165, 1.54) is 0 Å². The summed E-state index contributed by atoms with van der Waals surface area (Å²) in [5.41, 5.74) is 4.05. The third kappa shape index (κ3) is 4.63. The van der Waals surface area contributed by atoms with Crippen molar-refractivity contribution < 1.29 is 0 Å². The van der Waals surface area contributed by atoms with E-state index in [2.05, 4.69) is 35.9 Å². The first-order valence-electron chi connectivity index (χ1n) is 7.23. The number of hydrogen-bond acceptors (Lipinski definition) is 1. The third-order valence-electron chi connectivity index (χ3n) is 3.32. The van der Waals surface area contributed by atoms with Crippen LogP contribution in [0.4, 0.5) is 0 Å². The van der Waals surface area contributed by atoms with Crippen LogP contribution in [0, 0.1) is 5.41 Å². The molecule has 0 fully saturated rings. The zero-order valence-corrected chi connectivity index (χ0v) is 12.6. The third-order valence-corrected chi connectivity index (χ3v) is 3.32. The number of allylic oxidation sites excluding steroid dienone is 12. The van der Waals surface area contributed by atoms with E-state index < -0.39 is 0 Å². The Hall–Kier alpha value is -2.81. The summed E-state index contributed by atoms with van der Waals surface area (Å²) in [5.74, 6) is 0.234. The van der Waals surface area contributed by atoms with Gasteiger partial charge in [0.25, 0.3) is 0 Å². The molecule has 2 aliphatic carbocycles. The van der Waals surface area contributed by atoms with Crippen LogP contribution >= 0.6 is 0 Å². The number of nitrogens with one attached hydrogen (secondary N) is 3. The molecule has 112 valence electrons. The summed E-state index contributed by atoms with van der Waals surface area (Å²) in [6.45, 7) is 7.55. The fourth-order valence-electron chi connectivity index (χ4n) is 2.07. The Bertz CT molecular complexity index is 596. The van der Waals surface area contributed by atoms with Gasteiger partial charge in [-0.05, 0) is 48.3 Å². The van der Waals surface area contributed by atoms with Crippen molar-refractivity contribution in [3.05, 3.63) is 96.5 Å². The maximum Gasteiger partial charge on any atom is 0.197 e. The van der Waals surface area contributed by atoms with Gasteiger partial charge in [0.1, 0.15) is 0 Å². The predicted molar refractivity (Wildman–Crippen MR) is 94.2 cm³/mol. The van der Waals surface area contributed by atoms with Crippen molar-refractivity contribution in [1.29, 1.82) is 5.41 Å². The Morgan fingerprint density at radius 1 is 0.864 bits per heavy atom. The second kappa shape index (κ2) is 7.84. The molecule has 3 N–H and O–H groups in total. The minimum Gasteiger partial charge on any atom is -0.326 e. The van der Waals surface area contributed by atoms with Crippen LogP contribution in [0.5, 0.6) is 0 Å². The molecule has 0 aromatic rings. The van der Waals surface area contributed by atoms with Gasteiger partial charge in [0.2, 0.25) is 0 Å². The van der Waals surface area contributed by atoms with Crippen LogP contribution in [-0.2, 0) is 0 Å². The van der Waals surface area contributed by atoms with Crippen LogP contribution in [0.15, 0.2) is 96.5 Å². The zero-order chi connectivity index (χ0) is 15.8. The van der Waals surface area contributed by atoms with E-state index in [-0.39, 0.29) is 5.96 Å². The normalized spacial score (nSPS) is 17.1. The first-order valence-corrected chi connectivity index (χ1v) is 7.23. The first kappa shape index (κ1) is 15.6. The Balaban J connectivity index is 1.99. The summed E-state index contributed by atoms with van der Waals surface area (Å²) < 4.78 is 0. The molecule has 22 heavy (non-hydrogen) atoms. The van der Waals surface area contributed by atoms with E-state index in [1.54, 1.807) is 0 Å². The average Bonchev–Trinajstić information content (AvgIpc) is 2.87. The molecule has 3 nitrogen and oxygen atoms in total. The predicted octanol–water partition coefficient (Wildman–Crippen LogP) is 4.01. The summed E-state index contributed by atoms with van der Waals surface area (Å²) in [5, 5.41) is 14.1. The van der Waals surface area contributed by atoms with Crippen LogP contribution in [-0.4, -0.2) is 5.96 Å². The quantitative estimate of drug-likeness (QED) is 0.541. The fourth-order valence-corrected chi connectivity index (χ4v) is 2.07. The lowest BCUT2D eigenvalue weighted by Gasteiger charge is -2.11. The second-order valence-corrected chi connectivity index (χ2v) is 4.97. The highest BCUT2D eigenvalue weighted by Gasteiger charge is 2.03. The summed E-state index contributed by atoms with van der Waals surface area (Å²) >= 11 is 0. The number of guanidine groups is 1. The maximum absolute atomic E-state index is 8.04. The van der Waals surface area contributed by atoms with Gasteiger partial charge in [0.15, 0.2) is 5.96 Å². The highest BCUT2D eigenvalue weighted by molar-refractivity contribution is 5.81. The van der Waals surface area contributed by atoms with Gasteiger partial charge in [-0.25, -0.2) is 0 Å². The van der Waals surface area contributed by atoms with E-state index in [1.807, 2.05) is 48.6 Å². The van der Waals surface area contributed by atoms with E-state index >= 15 is 0 Å². The van der Waals surface area contributed by atoms with Crippen LogP contribution in [0.2, 0.25) is 0 Å². The topological polar surface area (TPSA) is 47.9 Å². The summed E-state index contributed by atoms with van der Waals surface area (Å²) in [6, 6.07) is 0. The SMILES string of the molecule is C=CC1=CC=C(NC(=N)NC2=CC=C(C=C)CC=C2)C=CC1. The molecule has 0 saturated heterocycles. The van der Waals surface area contributed by atoms with Crippen molar-refractivity contribution in [1.82, 2.24) is 10.6 Å². The lowest BCUT2D eigenvalue weighted by molar-refractivity contribution is 1.02. The molecular weight excluding hydrogens is 270 g/mol. The molecule has 0 aromatic heterocycles. The second-order valence-electron chi connectivity index (χ2n) is 4.97. The van der Waals surface area contributed by atoms with Crippen molar-refractivity contribution in [2.45, 2.75) is 12.8 Å². The Morgan fingerprint density at radius 3 is 1.73 bits per heavy atom. The molecule has 0 atom stereocenters. The lowest BCUT2D eigenvalue weighted by Crippen LogP contribution is -2.34. The molecule has 0 aliphatic heterocycles. The molecular formula is C19H21N3. The minimum atomic E-state index is 0.234. The maximum atomic E-state index is 8.04.